The monoisotopic (exact) mass is 356 g/mol. The Labute approximate surface area is 153 Å². The molecule has 0 aliphatic carbocycles. The predicted molar refractivity (Wildman–Crippen MR) is 99.2 cm³/mol. The molecule has 1 atom stereocenters. The lowest BCUT2D eigenvalue weighted by Gasteiger charge is -2.15. The zero-order chi connectivity index (χ0) is 19.1. The van der Waals surface area contributed by atoms with Crippen molar-refractivity contribution in [3.63, 3.8) is 0 Å². The second-order valence-corrected chi connectivity index (χ2v) is 5.91. The van der Waals surface area contributed by atoms with Crippen molar-refractivity contribution < 1.29 is 19.1 Å². The number of benzene rings is 2. The number of aryl methyl sites for hydroxylation is 2. The third kappa shape index (κ3) is 5.24. The quantitative estimate of drug-likeness (QED) is 0.780. The summed E-state index contributed by atoms with van der Waals surface area (Å²) in [7, 11) is 0. The van der Waals surface area contributed by atoms with Crippen molar-refractivity contribution in [3.8, 4) is 11.5 Å². The highest BCUT2D eigenvalue weighted by Crippen LogP contribution is 2.18. The molecule has 26 heavy (non-hydrogen) atoms. The largest absolute Gasteiger partial charge is 0.494 e. The van der Waals surface area contributed by atoms with Crippen LogP contribution in [0.3, 0.4) is 0 Å². The van der Waals surface area contributed by atoms with E-state index in [1.807, 2.05) is 26.8 Å². The van der Waals surface area contributed by atoms with Crippen molar-refractivity contribution in [3.05, 3.63) is 59.2 Å². The van der Waals surface area contributed by atoms with Crippen LogP contribution in [0, 0.1) is 13.8 Å². The van der Waals surface area contributed by atoms with Crippen molar-refractivity contribution in [1.29, 1.82) is 0 Å². The van der Waals surface area contributed by atoms with E-state index in [-0.39, 0.29) is 5.91 Å². The topological polar surface area (TPSA) is 76.7 Å². The summed E-state index contributed by atoms with van der Waals surface area (Å²) in [4.78, 5) is 24.2. The first-order valence-corrected chi connectivity index (χ1v) is 8.47. The maximum atomic E-state index is 12.1. The van der Waals surface area contributed by atoms with Gasteiger partial charge in [0.15, 0.2) is 6.10 Å². The Morgan fingerprint density at radius 3 is 2.23 bits per heavy atom. The van der Waals surface area contributed by atoms with Gasteiger partial charge in [-0.2, -0.15) is 0 Å². The van der Waals surface area contributed by atoms with Crippen LogP contribution in [0.2, 0.25) is 0 Å². The molecule has 6 nitrogen and oxygen atoms in total. The Balaban J connectivity index is 1.86. The summed E-state index contributed by atoms with van der Waals surface area (Å²) in [5, 5.41) is 0. The van der Waals surface area contributed by atoms with Gasteiger partial charge in [-0.1, -0.05) is 6.07 Å². The average Bonchev–Trinajstić information content (AvgIpc) is 2.63. The fraction of sp³-hybridized carbons (Fsp3) is 0.300. The smallest absolute Gasteiger partial charge is 0.279 e. The third-order valence-corrected chi connectivity index (χ3v) is 3.89. The number of nitrogens with one attached hydrogen (secondary N) is 2. The Hall–Kier alpha value is -3.02. The van der Waals surface area contributed by atoms with Gasteiger partial charge in [-0.05, 0) is 75.2 Å². The van der Waals surface area contributed by atoms with Crippen LogP contribution in [-0.2, 0) is 4.79 Å². The SMILES string of the molecule is CCOc1ccc(OC(C)C(=O)NNC(=O)c2ccc(C)c(C)c2)cc1. The number of rotatable bonds is 6. The van der Waals surface area contributed by atoms with Crippen molar-refractivity contribution in [2.45, 2.75) is 33.8 Å². The molecule has 0 saturated carbocycles. The highest BCUT2D eigenvalue weighted by atomic mass is 16.5. The van der Waals surface area contributed by atoms with Crippen LogP contribution in [0.25, 0.3) is 0 Å². The van der Waals surface area contributed by atoms with Gasteiger partial charge in [-0.25, -0.2) is 0 Å². The van der Waals surface area contributed by atoms with E-state index >= 15 is 0 Å². The lowest BCUT2D eigenvalue weighted by molar-refractivity contribution is -0.128. The highest BCUT2D eigenvalue weighted by molar-refractivity contribution is 5.96. The number of hydrogen-bond acceptors (Lipinski definition) is 4. The van der Waals surface area contributed by atoms with Crippen LogP contribution in [0.15, 0.2) is 42.5 Å². The molecule has 0 radical (unpaired) electrons. The van der Waals surface area contributed by atoms with Crippen LogP contribution in [-0.4, -0.2) is 24.5 Å². The maximum Gasteiger partial charge on any atom is 0.279 e. The van der Waals surface area contributed by atoms with E-state index in [1.54, 1.807) is 43.3 Å². The van der Waals surface area contributed by atoms with Gasteiger partial charge in [0.25, 0.3) is 11.8 Å². The second kappa shape index (κ2) is 8.89. The second-order valence-electron chi connectivity index (χ2n) is 5.91. The molecule has 1 unspecified atom stereocenters. The zero-order valence-electron chi connectivity index (χ0n) is 15.5. The van der Waals surface area contributed by atoms with Gasteiger partial charge in [-0.3, -0.25) is 20.4 Å². The zero-order valence-corrected chi connectivity index (χ0v) is 15.5. The third-order valence-electron chi connectivity index (χ3n) is 3.89. The van der Waals surface area contributed by atoms with E-state index in [0.29, 0.717) is 17.9 Å². The summed E-state index contributed by atoms with van der Waals surface area (Å²) in [6.45, 7) is 7.99. The molecule has 2 N–H and O–H groups in total. The van der Waals surface area contributed by atoms with Crippen LogP contribution >= 0.6 is 0 Å². The highest BCUT2D eigenvalue weighted by Gasteiger charge is 2.16. The van der Waals surface area contributed by atoms with Crippen molar-refractivity contribution in [1.82, 2.24) is 10.9 Å². The van der Waals surface area contributed by atoms with Gasteiger partial charge in [0.1, 0.15) is 11.5 Å². The Kier molecular flexibility index (Phi) is 6.60. The van der Waals surface area contributed by atoms with Crippen LogP contribution in [0.1, 0.15) is 35.3 Å². The fourth-order valence-corrected chi connectivity index (χ4v) is 2.21. The molecule has 2 amide bonds. The fourth-order valence-electron chi connectivity index (χ4n) is 2.21. The molecule has 2 aromatic carbocycles. The van der Waals surface area contributed by atoms with E-state index in [2.05, 4.69) is 10.9 Å². The Morgan fingerprint density at radius 2 is 1.62 bits per heavy atom. The molecule has 0 aliphatic heterocycles. The first-order valence-electron chi connectivity index (χ1n) is 8.47. The molecular formula is C20H24N2O4. The number of carbonyl (C=O) groups is 2. The molecule has 0 fully saturated rings. The summed E-state index contributed by atoms with van der Waals surface area (Å²) in [5.41, 5.74) is 7.37. The molecule has 2 rings (SSSR count). The van der Waals surface area contributed by atoms with E-state index in [9.17, 15) is 9.59 Å². The maximum absolute atomic E-state index is 12.1. The van der Waals surface area contributed by atoms with Crippen LogP contribution < -0.4 is 20.3 Å². The number of carbonyl (C=O) groups excluding carboxylic acids is 2. The lowest BCUT2D eigenvalue weighted by Crippen LogP contribution is -2.47. The Bertz CT molecular complexity index is 772. The molecule has 0 saturated heterocycles. The van der Waals surface area contributed by atoms with Gasteiger partial charge in [0, 0.05) is 5.56 Å². The van der Waals surface area contributed by atoms with Gasteiger partial charge >= 0.3 is 0 Å². The summed E-state index contributed by atoms with van der Waals surface area (Å²) in [5.74, 6) is 0.444. The minimum absolute atomic E-state index is 0.380. The molecule has 0 bridgehead atoms. The normalized spacial score (nSPS) is 11.4. The predicted octanol–water partition coefficient (Wildman–Crippen LogP) is 2.93. The van der Waals surface area contributed by atoms with Gasteiger partial charge in [0.2, 0.25) is 0 Å². The number of hydrazine groups is 1. The Morgan fingerprint density at radius 1 is 0.962 bits per heavy atom. The van der Waals surface area contributed by atoms with Crippen molar-refractivity contribution in [2.24, 2.45) is 0 Å². The van der Waals surface area contributed by atoms with E-state index < -0.39 is 12.0 Å². The average molecular weight is 356 g/mol. The molecule has 2 aromatic rings. The van der Waals surface area contributed by atoms with Gasteiger partial charge < -0.3 is 9.47 Å². The summed E-state index contributed by atoms with van der Waals surface area (Å²) in [6.07, 6.45) is -0.770. The summed E-state index contributed by atoms with van der Waals surface area (Å²) in [6, 6.07) is 12.3. The van der Waals surface area contributed by atoms with E-state index in [0.717, 1.165) is 16.9 Å². The first kappa shape index (κ1) is 19.3. The van der Waals surface area contributed by atoms with Crippen LogP contribution in [0.4, 0.5) is 0 Å². The number of ether oxygens (including phenoxy) is 2. The summed E-state index contributed by atoms with van der Waals surface area (Å²) >= 11 is 0. The number of amides is 2. The molecule has 138 valence electrons. The lowest BCUT2D eigenvalue weighted by atomic mass is 10.1. The van der Waals surface area contributed by atoms with Crippen LogP contribution in [0.5, 0.6) is 11.5 Å². The van der Waals surface area contributed by atoms with E-state index in [1.165, 1.54) is 0 Å². The first-order chi connectivity index (χ1) is 12.4. The minimum atomic E-state index is -0.770. The molecule has 0 aromatic heterocycles. The molecule has 6 heteroatoms. The summed E-state index contributed by atoms with van der Waals surface area (Å²) < 4.78 is 10.9. The van der Waals surface area contributed by atoms with Crippen molar-refractivity contribution in [2.75, 3.05) is 6.61 Å². The molecule has 0 heterocycles. The standard InChI is InChI=1S/C20H24N2O4/c1-5-25-17-8-10-18(11-9-17)26-15(4)19(23)21-22-20(24)16-7-6-13(2)14(3)12-16/h6-12,15H,5H2,1-4H3,(H,21,23)(H,22,24). The van der Waals surface area contributed by atoms with E-state index in [4.69, 9.17) is 9.47 Å². The molecular weight excluding hydrogens is 332 g/mol. The molecule has 0 aliphatic rings. The van der Waals surface area contributed by atoms with Gasteiger partial charge in [0.05, 0.1) is 6.61 Å². The number of hydrogen-bond donors (Lipinski definition) is 2. The minimum Gasteiger partial charge on any atom is -0.494 e. The molecule has 0 spiro atoms. The van der Waals surface area contributed by atoms with Gasteiger partial charge in [-0.15, -0.1) is 0 Å². The van der Waals surface area contributed by atoms with Crippen molar-refractivity contribution >= 4 is 11.8 Å².